The lowest BCUT2D eigenvalue weighted by Gasteiger charge is -2.25. The van der Waals surface area contributed by atoms with Crippen molar-refractivity contribution in [3.8, 4) is 0 Å². The Labute approximate surface area is 110 Å². The normalized spacial score (nSPS) is 25.3. The van der Waals surface area contributed by atoms with Crippen LogP contribution in [0.4, 0.5) is 10.5 Å². The van der Waals surface area contributed by atoms with Gasteiger partial charge in [-0.2, -0.15) is 0 Å². The molecule has 0 aromatic heterocycles. The number of likely N-dealkylation sites (N-methyl/N-ethyl adjacent to an activating group) is 1. The molecule has 2 amide bonds. The molecular weight excluding hydrogens is 246 g/mol. The number of nitrogens with two attached hydrogens (primary N) is 1. The second-order valence-corrected chi connectivity index (χ2v) is 4.91. The Morgan fingerprint density at radius 1 is 1.47 bits per heavy atom. The number of carbonyl (C=O) groups excluding carboxylic acids is 2. The zero-order valence-electron chi connectivity index (χ0n) is 10.6. The van der Waals surface area contributed by atoms with Gasteiger partial charge in [0, 0.05) is 19.3 Å². The Morgan fingerprint density at radius 3 is 2.89 bits per heavy atom. The predicted molar refractivity (Wildman–Crippen MR) is 68.8 cm³/mol. The van der Waals surface area contributed by atoms with Crippen molar-refractivity contribution in [2.45, 2.75) is 12.0 Å². The van der Waals surface area contributed by atoms with Crippen LogP contribution in [0.1, 0.15) is 11.1 Å². The summed E-state index contributed by atoms with van der Waals surface area (Å²) in [6.07, 6.45) is -0.0824. The van der Waals surface area contributed by atoms with Crippen LogP contribution in [0, 0.1) is 0 Å². The molecular formula is C13H15N3O3. The third-order valence-electron chi connectivity index (χ3n) is 3.82. The van der Waals surface area contributed by atoms with Gasteiger partial charge in [-0.05, 0) is 23.3 Å². The van der Waals surface area contributed by atoms with E-state index in [0.29, 0.717) is 13.0 Å². The largest absolute Gasteiger partial charge is 0.435 e. The van der Waals surface area contributed by atoms with Crippen molar-refractivity contribution in [1.29, 1.82) is 0 Å². The molecule has 6 heteroatoms. The van der Waals surface area contributed by atoms with Crippen LogP contribution in [-0.4, -0.2) is 32.1 Å². The first-order valence-electron chi connectivity index (χ1n) is 6.12. The van der Waals surface area contributed by atoms with Gasteiger partial charge in [-0.3, -0.25) is 4.79 Å². The molecule has 2 aliphatic rings. The maximum Gasteiger partial charge on any atom is 0.408 e. The zero-order chi connectivity index (χ0) is 13.6. The molecule has 100 valence electrons. The van der Waals surface area contributed by atoms with E-state index in [1.165, 1.54) is 0 Å². The van der Waals surface area contributed by atoms with Crippen molar-refractivity contribution >= 4 is 17.7 Å². The van der Waals surface area contributed by atoms with Crippen LogP contribution in [0.3, 0.4) is 0 Å². The number of rotatable bonds is 2. The average Bonchev–Trinajstić information content (AvgIpc) is 2.92. The molecule has 3 N–H and O–H groups in total. The van der Waals surface area contributed by atoms with Gasteiger partial charge >= 0.3 is 6.09 Å². The van der Waals surface area contributed by atoms with Gasteiger partial charge in [-0.15, -0.1) is 0 Å². The maximum atomic E-state index is 11.7. The van der Waals surface area contributed by atoms with Crippen LogP contribution in [0.15, 0.2) is 18.2 Å². The number of fused-ring (bicyclic) bond motifs is 1. The van der Waals surface area contributed by atoms with E-state index in [0.717, 1.165) is 16.8 Å². The minimum atomic E-state index is -0.823. The SMILES string of the molecule is CN1C(=O)Cc2cc(C3(CN)CNC(=O)O3)ccc21. The van der Waals surface area contributed by atoms with E-state index in [2.05, 4.69) is 5.32 Å². The Kier molecular flexibility index (Phi) is 2.50. The van der Waals surface area contributed by atoms with Crippen LogP contribution in [0.25, 0.3) is 0 Å². The summed E-state index contributed by atoms with van der Waals surface area (Å²) in [7, 11) is 1.75. The molecule has 0 spiro atoms. The molecule has 19 heavy (non-hydrogen) atoms. The maximum absolute atomic E-state index is 11.7. The van der Waals surface area contributed by atoms with E-state index < -0.39 is 11.7 Å². The van der Waals surface area contributed by atoms with Crippen LogP contribution in [-0.2, 0) is 21.6 Å². The highest BCUT2D eigenvalue weighted by atomic mass is 16.6. The summed E-state index contributed by atoms with van der Waals surface area (Å²) in [5.41, 5.74) is 7.62. The number of nitrogens with one attached hydrogen (secondary N) is 1. The Hall–Kier alpha value is -2.08. The first kappa shape index (κ1) is 12.0. The number of benzene rings is 1. The fourth-order valence-electron chi connectivity index (χ4n) is 2.61. The number of ether oxygens (including phenoxy) is 1. The zero-order valence-corrected chi connectivity index (χ0v) is 10.6. The number of nitrogens with zero attached hydrogens (tertiary/aromatic N) is 1. The molecule has 1 saturated heterocycles. The molecule has 0 bridgehead atoms. The Balaban J connectivity index is 2.01. The van der Waals surface area contributed by atoms with Gasteiger partial charge in [0.05, 0.1) is 13.0 Å². The van der Waals surface area contributed by atoms with Crippen molar-refractivity contribution in [1.82, 2.24) is 5.32 Å². The lowest BCUT2D eigenvalue weighted by Crippen LogP contribution is -2.38. The van der Waals surface area contributed by atoms with E-state index in [4.69, 9.17) is 10.5 Å². The summed E-state index contributed by atoms with van der Waals surface area (Å²) >= 11 is 0. The number of carbonyl (C=O) groups is 2. The molecule has 0 aliphatic carbocycles. The molecule has 1 fully saturated rings. The molecule has 2 aliphatic heterocycles. The second kappa shape index (κ2) is 3.96. The highest BCUT2D eigenvalue weighted by Gasteiger charge is 2.41. The number of alkyl carbamates (subject to hydrolysis) is 1. The summed E-state index contributed by atoms with van der Waals surface area (Å²) < 4.78 is 5.32. The van der Waals surface area contributed by atoms with Gasteiger partial charge in [0.15, 0.2) is 5.60 Å². The average molecular weight is 261 g/mol. The molecule has 1 aromatic carbocycles. The van der Waals surface area contributed by atoms with E-state index in [1.807, 2.05) is 18.2 Å². The highest BCUT2D eigenvalue weighted by Crippen LogP contribution is 2.34. The van der Waals surface area contributed by atoms with Crippen molar-refractivity contribution in [2.24, 2.45) is 5.73 Å². The predicted octanol–water partition coefficient (Wildman–Crippen LogP) is 0.0993. The summed E-state index contributed by atoms with van der Waals surface area (Å²) in [5.74, 6) is 0.0653. The molecule has 0 saturated carbocycles. The van der Waals surface area contributed by atoms with Crippen LogP contribution in [0.2, 0.25) is 0 Å². The molecule has 3 rings (SSSR count). The van der Waals surface area contributed by atoms with Gasteiger partial charge in [0.25, 0.3) is 0 Å². The van der Waals surface area contributed by atoms with E-state index in [9.17, 15) is 9.59 Å². The molecule has 1 atom stereocenters. The fraction of sp³-hybridized carbons (Fsp3) is 0.385. The van der Waals surface area contributed by atoms with Gasteiger partial charge in [0.2, 0.25) is 5.91 Å². The number of anilines is 1. The summed E-state index contributed by atoms with van der Waals surface area (Å²) in [5, 5.41) is 2.63. The highest BCUT2D eigenvalue weighted by molar-refractivity contribution is 6.01. The topological polar surface area (TPSA) is 84.7 Å². The Bertz CT molecular complexity index is 572. The number of amides is 2. The van der Waals surface area contributed by atoms with E-state index >= 15 is 0 Å². The first-order chi connectivity index (χ1) is 9.05. The number of hydrogen-bond acceptors (Lipinski definition) is 4. The lowest BCUT2D eigenvalue weighted by molar-refractivity contribution is -0.117. The molecule has 6 nitrogen and oxygen atoms in total. The summed E-state index contributed by atoms with van der Waals surface area (Å²) in [6, 6.07) is 5.64. The van der Waals surface area contributed by atoms with Crippen molar-refractivity contribution in [3.63, 3.8) is 0 Å². The van der Waals surface area contributed by atoms with Gasteiger partial charge in [-0.1, -0.05) is 6.07 Å². The molecule has 2 heterocycles. The van der Waals surface area contributed by atoms with Crippen LogP contribution < -0.4 is 16.0 Å². The van der Waals surface area contributed by atoms with Gasteiger partial charge < -0.3 is 20.7 Å². The smallest absolute Gasteiger partial charge is 0.408 e. The fourth-order valence-corrected chi connectivity index (χ4v) is 2.61. The summed E-state index contributed by atoms with van der Waals surface area (Å²) in [4.78, 5) is 24.6. The third kappa shape index (κ3) is 1.67. The van der Waals surface area contributed by atoms with Crippen molar-refractivity contribution in [2.75, 3.05) is 25.0 Å². The van der Waals surface area contributed by atoms with Crippen LogP contribution in [0.5, 0.6) is 0 Å². The monoisotopic (exact) mass is 261 g/mol. The number of hydrogen-bond donors (Lipinski definition) is 2. The minimum Gasteiger partial charge on any atom is -0.435 e. The standard InChI is InChI=1S/C13H15N3O3/c1-16-10-3-2-9(4-8(10)5-11(16)17)13(6-14)7-15-12(18)19-13/h2-4H,5-7,14H2,1H3,(H,15,18). The van der Waals surface area contributed by atoms with Crippen molar-refractivity contribution < 1.29 is 14.3 Å². The second-order valence-electron chi connectivity index (χ2n) is 4.91. The van der Waals surface area contributed by atoms with E-state index in [-0.39, 0.29) is 12.5 Å². The van der Waals surface area contributed by atoms with Gasteiger partial charge in [0.1, 0.15) is 0 Å². The molecule has 1 unspecified atom stereocenters. The Morgan fingerprint density at radius 2 is 2.26 bits per heavy atom. The van der Waals surface area contributed by atoms with Gasteiger partial charge in [-0.25, -0.2) is 4.79 Å². The minimum absolute atomic E-state index is 0.0653. The quantitative estimate of drug-likeness (QED) is 0.790. The van der Waals surface area contributed by atoms with E-state index in [1.54, 1.807) is 11.9 Å². The summed E-state index contributed by atoms with van der Waals surface area (Å²) in [6.45, 7) is 0.555. The van der Waals surface area contributed by atoms with Crippen LogP contribution >= 0.6 is 0 Å². The number of cyclic esters (lactones) is 1. The first-order valence-corrected chi connectivity index (χ1v) is 6.12. The lowest BCUT2D eigenvalue weighted by atomic mass is 9.92. The third-order valence-corrected chi connectivity index (χ3v) is 3.82. The molecule has 1 aromatic rings. The van der Waals surface area contributed by atoms with Crippen molar-refractivity contribution in [3.05, 3.63) is 29.3 Å². The molecule has 0 radical (unpaired) electrons.